The topological polar surface area (TPSA) is 63.0 Å². The maximum Gasteiger partial charge on any atom is 0.169 e. The van der Waals surface area contributed by atoms with Gasteiger partial charge in [0.1, 0.15) is 0 Å². The summed E-state index contributed by atoms with van der Waals surface area (Å²) in [6.07, 6.45) is 3.79. The first-order valence-electron chi connectivity index (χ1n) is 9.50. The molecule has 0 amide bonds. The molecule has 3 rings (SSSR count). The number of nitrogens with zero attached hydrogens (tertiary/aromatic N) is 7. The molecule has 0 saturated carbocycles. The molecule has 1 saturated heterocycles. The third-order valence-corrected chi connectivity index (χ3v) is 4.95. The molecule has 2 aromatic heterocycles. The zero-order valence-electron chi connectivity index (χ0n) is 16.6. The highest BCUT2D eigenvalue weighted by molar-refractivity contribution is 5.08. The van der Waals surface area contributed by atoms with Crippen molar-refractivity contribution in [1.29, 1.82) is 0 Å². The Bertz CT molecular complexity index is 681. The molecule has 1 aliphatic rings. The van der Waals surface area contributed by atoms with Crippen LogP contribution < -0.4 is 0 Å². The van der Waals surface area contributed by atoms with Crippen LogP contribution in [0.25, 0.3) is 0 Å². The molecule has 1 fully saturated rings. The van der Waals surface area contributed by atoms with Crippen LogP contribution in [0.5, 0.6) is 0 Å². The van der Waals surface area contributed by atoms with Crippen LogP contribution in [-0.2, 0) is 12.1 Å². The second-order valence-corrected chi connectivity index (χ2v) is 8.48. The lowest BCUT2D eigenvalue weighted by Gasteiger charge is -2.40. The number of rotatable bonds is 5. The fourth-order valence-electron chi connectivity index (χ4n) is 3.69. The Morgan fingerprint density at radius 3 is 2.42 bits per heavy atom. The lowest BCUT2D eigenvalue weighted by molar-refractivity contribution is 0.0638. The van der Waals surface area contributed by atoms with E-state index in [0.29, 0.717) is 5.92 Å². The van der Waals surface area contributed by atoms with Crippen molar-refractivity contribution in [2.45, 2.75) is 52.7 Å². The molecular weight excluding hydrogens is 326 g/mol. The molecule has 1 aliphatic heterocycles. The molecule has 3 heterocycles. The van der Waals surface area contributed by atoms with Gasteiger partial charge >= 0.3 is 0 Å². The highest BCUT2D eigenvalue weighted by atomic mass is 15.6. The Morgan fingerprint density at radius 1 is 1.12 bits per heavy atom. The van der Waals surface area contributed by atoms with Crippen LogP contribution >= 0.6 is 0 Å². The normalized spacial score (nSPS) is 18.4. The van der Waals surface area contributed by atoms with Crippen LogP contribution in [0, 0.1) is 5.92 Å². The van der Waals surface area contributed by atoms with Crippen molar-refractivity contribution in [2.75, 3.05) is 26.2 Å². The molecule has 2 aromatic rings. The van der Waals surface area contributed by atoms with E-state index in [0.717, 1.165) is 38.5 Å². The molecule has 0 aliphatic carbocycles. The molecule has 1 atom stereocenters. The van der Waals surface area contributed by atoms with E-state index in [1.807, 2.05) is 23.1 Å². The highest BCUT2D eigenvalue weighted by Gasteiger charge is 2.33. The van der Waals surface area contributed by atoms with E-state index in [9.17, 15) is 0 Å². The molecule has 0 spiro atoms. The van der Waals surface area contributed by atoms with Crippen LogP contribution in [0.2, 0.25) is 0 Å². The fourth-order valence-corrected chi connectivity index (χ4v) is 3.69. The highest BCUT2D eigenvalue weighted by Crippen LogP contribution is 2.30. The van der Waals surface area contributed by atoms with Crippen LogP contribution in [0.15, 0.2) is 24.5 Å². The van der Waals surface area contributed by atoms with E-state index < -0.39 is 0 Å². The number of pyridine rings is 1. The average Bonchev–Trinajstić information content (AvgIpc) is 3.07. The van der Waals surface area contributed by atoms with Gasteiger partial charge in [0, 0.05) is 45.1 Å². The van der Waals surface area contributed by atoms with Crippen molar-refractivity contribution in [1.82, 2.24) is 35.0 Å². The van der Waals surface area contributed by atoms with Crippen molar-refractivity contribution >= 4 is 0 Å². The predicted molar refractivity (Wildman–Crippen MR) is 101 cm³/mol. The van der Waals surface area contributed by atoms with Gasteiger partial charge in [0.25, 0.3) is 0 Å². The molecule has 0 unspecified atom stereocenters. The summed E-state index contributed by atoms with van der Waals surface area (Å²) in [6, 6.07) is 4.39. The summed E-state index contributed by atoms with van der Waals surface area (Å²) in [7, 11) is 0. The second kappa shape index (κ2) is 7.80. The Kier molecular flexibility index (Phi) is 5.67. The maximum absolute atomic E-state index is 4.40. The van der Waals surface area contributed by atoms with E-state index in [1.54, 1.807) is 0 Å². The summed E-state index contributed by atoms with van der Waals surface area (Å²) in [4.78, 5) is 9.26. The smallest absolute Gasteiger partial charge is 0.169 e. The van der Waals surface area contributed by atoms with Crippen LogP contribution in [0.1, 0.15) is 52.0 Å². The van der Waals surface area contributed by atoms with Gasteiger partial charge in [-0.3, -0.25) is 14.8 Å². The van der Waals surface area contributed by atoms with E-state index >= 15 is 0 Å². The number of hydrogen-bond acceptors (Lipinski definition) is 6. The molecule has 142 valence electrons. The van der Waals surface area contributed by atoms with Crippen molar-refractivity contribution in [3.63, 3.8) is 0 Å². The van der Waals surface area contributed by atoms with E-state index in [4.69, 9.17) is 0 Å². The summed E-state index contributed by atoms with van der Waals surface area (Å²) in [5, 5.41) is 12.6. The third kappa shape index (κ3) is 4.27. The number of tetrazole rings is 1. The largest absolute Gasteiger partial charge is 0.296 e. The van der Waals surface area contributed by atoms with Gasteiger partial charge in [-0.2, -0.15) is 0 Å². The van der Waals surface area contributed by atoms with Crippen molar-refractivity contribution in [3.8, 4) is 0 Å². The van der Waals surface area contributed by atoms with Crippen LogP contribution in [-0.4, -0.2) is 61.2 Å². The van der Waals surface area contributed by atoms with E-state index in [1.165, 1.54) is 5.56 Å². The third-order valence-electron chi connectivity index (χ3n) is 4.95. The molecule has 0 radical (unpaired) electrons. The quantitative estimate of drug-likeness (QED) is 0.818. The van der Waals surface area contributed by atoms with E-state index in [-0.39, 0.29) is 11.6 Å². The van der Waals surface area contributed by atoms with Crippen molar-refractivity contribution in [2.24, 2.45) is 5.92 Å². The Labute approximate surface area is 156 Å². The maximum atomic E-state index is 4.40. The van der Waals surface area contributed by atoms with Crippen molar-refractivity contribution in [3.05, 3.63) is 35.9 Å². The monoisotopic (exact) mass is 357 g/mol. The molecule has 0 aromatic carbocycles. The Morgan fingerprint density at radius 2 is 1.85 bits per heavy atom. The molecule has 0 N–H and O–H groups in total. The summed E-state index contributed by atoms with van der Waals surface area (Å²) in [5.41, 5.74) is 1.16. The number of hydrogen-bond donors (Lipinski definition) is 0. The van der Waals surface area contributed by atoms with Gasteiger partial charge in [-0.1, -0.05) is 19.9 Å². The molecular formula is C19H31N7. The lowest BCUT2D eigenvalue weighted by Crippen LogP contribution is -2.49. The van der Waals surface area contributed by atoms with Gasteiger partial charge in [-0.15, -0.1) is 5.10 Å². The van der Waals surface area contributed by atoms with Gasteiger partial charge in [-0.05, 0) is 48.7 Å². The Balaban J connectivity index is 1.69. The SMILES string of the molecule is CC(C)[C@@H](c1nnnn1C(C)(C)C)N1CCN(Cc2cccnc2)CC1. The van der Waals surface area contributed by atoms with Gasteiger partial charge in [0.05, 0.1) is 11.6 Å². The zero-order chi connectivity index (χ0) is 18.7. The fraction of sp³-hybridized carbons (Fsp3) is 0.684. The average molecular weight is 358 g/mol. The molecule has 7 heteroatoms. The van der Waals surface area contributed by atoms with Gasteiger partial charge in [0.2, 0.25) is 0 Å². The van der Waals surface area contributed by atoms with Gasteiger partial charge in [0.15, 0.2) is 5.82 Å². The molecule has 7 nitrogen and oxygen atoms in total. The summed E-state index contributed by atoms with van der Waals surface area (Å²) in [6.45, 7) is 16.1. The summed E-state index contributed by atoms with van der Waals surface area (Å²) in [5.74, 6) is 1.43. The van der Waals surface area contributed by atoms with Crippen LogP contribution in [0.3, 0.4) is 0 Å². The predicted octanol–water partition coefficient (Wildman–Crippen LogP) is 2.34. The van der Waals surface area contributed by atoms with E-state index in [2.05, 4.69) is 71.0 Å². The first-order valence-corrected chi connectivity index (χ1v) is 9.50. The number of piperazine rings is 1. The molecule has 26 heavy (non-hydrogen) atoms. The summed E-state index contributed by atoms with van der Waals surface area (Å²) < 4.78 is 1.99. The van der Waals surface area contributed by atoms with Gasteiger partial charge < -0.3 is 0 Å². The first kappa shape index (κ1) is 18.9. The minimum atomic E-state index is -0.117. The van der Waals surface area contributed by atoms with Crippen molar-refractivity contribution < 1.29 is 0 Å². The minimum absolute atomic E-state index is 0.117. The number of aromatic nitrogens is 5. The Hall–Kier alpha value is -1.86. The first-order chi connectivity index (χ1) is 12.4. The van der Waals surface area contributed by atoms with Gasteiger partial charge in [-0.25, -0.2) is 4.68 Å². The standard InChI is InChI=1S/C19H31N7/c1-15(2)17(18-21-22-23-26(18)19(3,4)5)25-11-9-24(10-12-25)14-16-7-6-8-20-13-16/h6-8,13,15,17H,9-12,14H2,1-5H3/t17-/m0/s1. The molecule has 0 bridgehead atoms. The lowest BCUT2D eigenvalue weighted by atomic mass is 9.99. The zero-order valence-corrected chi connectivity index (χ0v) is 16.6. The van der Waals surface area contributed by atoms with Crippen LogP contribution in [0.4, 0.5) is 0 Å². The minimum Gasteiger partial charge on any atom is -0.296 e. The summed E-state index contributed by atoms with van der Waals surface area (Å²) >= 11 is 0. The second-order valence-electron chi connectivity index (χ2n) is 8.48.